The Labute approximate surface area is 231 Å². The molecule has 0 saturated carbocycles. The highest BCUT2D eigenvalue weighted by Crippen LogP contribution is 2.42. The number of pyridine rings is 1. The van der Waals surface area contributed by atoms with Crippen molar-refractivity contribution in [3.63, 3.8) is 0 Å². The van der Waals surface area contributed by atoms with Crippen LogP contribution in [0.1, 0.15) is 32.3 Å². The number of nitrogens with one attached hydrogen (secondary N) is 1. The Morgan fingerprint density at radius 1 is 1.10 bits per heavy atom. The van der Waals surface area contributed by atoms with Gasteiger partial charge in [-0.3, -0.25) is 0 Å². The zero-order chi connectivity index (χ0) is 28.3. The number of piperazine rings is 1. The number of phenolic OH excluding ortho intramolecular Hbond substituents is 1. The summed E-state index contributed by atoms with van der Waals surface area (Å²) in [5, 5.41) is 15.2. The molecule has 2 aromatic carbocycles. The maximum atomic E-state index is 16.7. The number of ether oxygens (including phenoxy) is 1. The molecule has 2 aliphatic rings. The van der Waals surface area contributed by atoms with Crippen LogP contribution in [0.4, 0.5) is 20.5 Å². The van der Waals surface area contributed by atoms with Crippen LogP contribution in [0, 0.1) is 24.0 Å². The minimum absolute atomic E-state index is 0.0235. The van der Waals surface area contributed by atoms with Gasteiger partial charge in [0.05, 0.1) is 11.7 Å². The molecule has 2 N–H and O–H groups in total. The highest BCUT2D eigenvalue weighted by molar-refractivity contribution is 6.04. The van der Waals surface area contributed by atoms with Gasteiger partial charge in [0, 0.05) is 50.2 Å². The van der Waals surface area contributed by atoms with E-state index >= 15 is 4.39 Å². The number of hydrogen-bond acceptors (Lipinski definition) is 8. The van der Waals surface area contributed by atoms with Crippen molar-refractivity contribution >= 4 is 33.4 Å². The van der Waals surface area contributed by atoms with E-state index in [2.05, 4.69) is 26.1 Å². The highest BCUT2D eigenvalue weighted by atomic mass is 19.1. The van der Waals surface area contributed by atoms with Gasteiger partial charge in [0.2, 0.25) is 11.8 Å². The number of anilines is 2. The molecule has 6 rings (SSSR count). The van der Waals surface area contributed by atoms with Gasteiger partial charge in [0.15, 0.2) is 5.82 Å². The molecule has 40 heavy (non-hydrogen) atoms. The molecule has 2 saturated heterocycles. The smallest absolute Gasteiger partial charge is 0.227 e. The minimum Gasteiger partial charge on any atom is -0.508 e. The fourth-order valence-corrected chi connectivity index (χ4v) is 5.75. The van der Waals surface area contributed by atoms with Crippen molar-refractivity contribution in [3.8, 4) is 35.2 Å². The van der Waals surface area contributed by atoms with Crippen molar-refractivity contribution in [2.24, 2.45) is 0 Å². The van der Waals surface area contributed by atoms with Crippen molar-refractivity contribution in [1.29, 1.82) is 0 Å². The Bertz CT molecular complexity index is 1690. The predicted molar refractivity (Wildman–Crippen MR) is 152 cm³/mol. The van der Waals surface area contributed by atoms with Gasteiger partial charge in [-0.1, -0.05) is 12.0 Å². The first-order chi connectivity index (χ1) is 19.1. The lowest BCUT2D eigenvalue weighted by Crippen LogP contribution is -2.51. The molecule has 2 aromatic heterocycles. The van der Waals surface area contributed by atoms with Crippen LogP contribution in [0.5, 0.6) is 11.6 Å². The summed E-state index contributed by atoms with van der Waals surface area (Å²) in [6, 6.07) is 6.13. The van der Waals surface area contributed by atoms with Gasteiger partial charge in [-0.25, -0.2) is 18.7 Å². The number of aromatic hydroxyl groups is 1. The van der Waals surface area contributed by atoms with Crippen LogP contribution in [0.2, 0.25) is 0 Å². The molecule has 2 aliphatic heterocycles. The fraction of sp³-hybridized carbons (Fsp3) is 0.367. The molecule has 0 aliphatic carbocycles. The van der Waals surface area contributed by atoms with E-state index in [4.69, 9.17) is 16.1 Å². The second kappa shape index (κ2) is 9.75. The van der Waals surface area contributed by atoms with Gasteiger partial charge in [0.1, 0.15) is 34.0 Å². The SMILES string of the molecule is C#Cc1c(F)ccc2cc(O)cc(-c3nc(OC(C)C)c4c(N5CC6CCC(C5)N6)nc(N(C)C)nc4c3F)c12. The van der Waals surface area contributed by atoms with Gasteiger partial charge in [-0.2, -0.15) is 4.98 Å². The molecule has 4 aromatic rings. The molecule has 4 heterocycles. The largest absolute Gasteiger partial charge is 0.508 e. The second-order valence-corrected chi connectivity index (χ2v) is 10.9. The van der Waals surface area contributed by atoms with Gasteiger partial charge in [-0.15, -0.1) is 6.42 Å². The summed E-state index contributed by atoms with van der Waals surface area (Å²) in [4.78, 5) is 18.0. The van der Waals surface area contributed by atoms with Crippen LogP contribution in [-0.2, 0) is 0 Å². The number of phenols is 1. The number of terminal acetylenes is 1. The van der Waals surface area contributed by atoms with E-state index in [0.717, 1.165) is 12.8 Å². The number of hydrogen-bond donors (Lipinski definition) is 2. The fourth-order valence-electron chi connectivity index (χ4n) is 5.75. The van der Waals surface area contributed by atoms with E-state index in [1.165, 1.54) is 24.3 Å². The summed E-state index contributed by atoms with van der Waals surface area (Å²) in [5.74, 6) is 1.91. The van der Waals surface area contributed by atoms with Crippen molar-refractivity contribution in [2.75, 3.05) is 37.0 Å². The van der Waals surface area contributed by atoms with Crippen LogP contribution in [0.15, 0.2) is 24.3 Å². The second-order valence-electron chi connectivity index (χ2n) is 10.9. The predicted octanol–water partition coefficient (Wildman–Crippen LogP) is 4.60. The average molecular weight is 545 g/mol. The first-order valence-corrected chi connectivity index (χ1v) is 13.3. The molecular formula is C30H30F2N6O2. The molecule has 0 amide bonds. The zero-order valence-corrected chi connectivity index (χ0v) is 22.8. The molecule has 206 valence electrons. The molecule has 0 radical (unpaired) electrons. The third kappa shape index (κ3) is 4.31. The Kier molecular flexibility index (Phi) is 6.34. The summed E-state index contributed by atoms with van der Waals surface area (Å²) in [6.45, 7) is 5.13. The quantitative estimate of drug-likeness (QED) is 0.353. The first kappa shape index (κ1) is 26.0. The highest BCUT2D eigenvalue weighted by Gasteiger charge is 2.35. The number of nitrogens with zero attached hydrogens (tertiary/aromatic N) is 5. The number of rotatable bonds is 5. The monoisotopic (exact) mass is 544 g/mol. The topological polar surface area (TPSA) is 86.6 Å². The van der Waals surface area contributed by atoms with E-state index in [1.54, 1.807) is 19.0 Å². The lowest BCUT2D eigenvalue weighted by atomic mass is 9.95. The maximum absolute atomic E-state index is 16.7. The number of benzene rings is 2. The third-order valence-electron chi connectivity index (χ3n) is 7.44. The van der Waals surface area contributed by atoms with E-state index in [-0.39, 0.29) is 45.5 Å². The van der Waals surface area contributed by atoms with Crippen molar-refractivity contribution in [2.45, 2.75) is 44.9 Å². The van der Waals surface area contributed by atoms with Crippen LogP contribution in [0.3, 0.4) is 0 Å². The number of halogens is 2. The van der Waals surface area contributed by atoms with Gasteiger partial charge >= 0.3 is 0 Å². The molecule has 2 fully saturated rings. The van der Waals surface area contributed by atoms with Crippen LogP contribution < -0.4 is 19.9 Å². The molecule has 0 spiro atoms. The Balaban J connectivity index is 1.69. The van der Waals surface area contributed by atoms with Crippen LogP contribution in [0.25, 0.3) is 32.9 Å². The minimum atomic E-state index is -0.741. The van der Waals surface area contributed by atoms with Gasteiger partial charge < -0.3 is 25.0 Å². The third-order valence-corrected chi connectivity index (χ3v) is 7.44. The summed E-state index contributed by atoms with van der Waals surface area (Å²) in [5.41, 5.74) is -0.0349. The zero-order valence-electron chi connectivity index (χ0n) is 22.8. The summed E-state index contributed by atoms with van der Waals surface area (Å²) in [6.07, 6.45) is 7.51. The maximum Gasteiger partial charge on any atom is 0.227 e. The summed E-state index contributed by atoms with van der Waals surface area (Å²) < 4.78 is 37.7. The average Bonchev–Trinajstić information content (AvgIpc) is 3.26. The Morgan fingerprint density at radius 2 is 1.82 bits per heavy atom. The van der Waals surface area contributed by atoms with Gasteiger partial charge in [-0.05, 0) is 50.3 Å². The summed E-state index contributed by atoms with van der Waals surface area (Å²) >= 11 is 0. The lowest BCUT2D eigenvalue weighted by Gasteiger charge is -2.35. The van der Waals surface area contributed by atoms with E-state index in [0.29, 0.717) is 47.7 Å². The van der Waals surface area contributed by atoms with Crippen molar-refractivity contribution in [3.05, 3.63) is 41.5 Å². The summed E-state index contributed by atoms with van der Waals surface area (Å²) in [7, 11) is 3.59. The Morgan fingerprint density at radius 3 is 2.48 bits per heavy atom. The molecule has 2 bridgehead atoms. The van der Waals surface area contributed by atoms with Crippen LogP contribution in [-0.4, -0.2) is 65.4 Å². The molecule has 10 heteroatoms. The van der Waals surface area contributed by atoms with Crippen molar-refractivity contribution in [1.82, 2.24) is 20.3 Å². The van der Waals surface area contributed by atoms with Gasteiger partial charge in [0.25, 0.3) is 0 Å². The normalized spacial score (nSPS) is 18.5. The van der Waals surface area contributed by atoms with E-state index in [9.17, 15) is 9.50 Å². The number of aromatic nitrogens is 3. The Hall–Kier alpha value is -4.23. The van der Waals surface area contributed by atoms with Crippen LogP contribution >= 0.6 is 0 Å². The standard InChI is InChI=1S/C30H30F2N6O2/c1-6-20-22(31)10-7-16-11-19(39)12-21(23(16)20)26-25(32)27-24(29(34-26)40-15(2)3)28(36-30(35-27)37(4)5)38-13-17-8-9-18(14-38)33-17/h1,7,10-12,15,17-18,33,39H,8-9,13-14H2,2-5H3. The van der Waals surface area contributed by atoms with E-state index in [1.807, 2.05) is 13.8 Å². The molecule has 2 unspecified atom stereocenters. The molecular weight excluding hydrogens is 514 g/mol. The van der Waals surface area contributed by atoms with E-state index < -0.39 is 11.6 Å². The van der Waals surface area contributed by atoms with Crippen molar-refractivity contribution < 1.29 is 18.6 Å². The molecule has 2 atom stereocenters. The molecule has 8 nitrogen and oxygen atoms in total. The first-order valence-electron chi connectivity index (χ1n) is 13.3. The number of fused-ring (bicyclic) bond motifs is 4. The lowest BCUT2D eigenvalue weighted by molar-refractivity contribution is 0.236.